The minimum Gasteiger partial charge on any atom is -0.480 e. The number of benzene rings is 1. The van der Waals surface area contributed by atoms with Gasteiger partial charge in [-0.05, 0) is 38.4 Å². The highest BCUT2D eigenvalue weighted by atomic mass is 35.5. The van der Waals surface area contributed by atoms with E-state index in [0.717, 1.165) is 5.82 Å². The summed E-state index contributed by atoms with van der Waals surface area (Å²) in [5.41, 5.74) is 0.474. The summed E-state index contributed by atoms with van der Waals surface area (Å²) in [6, 6.07) is 3.98. The summed E-state index contributed by atoms with van der Waals surface area (Å²) >= 11 is 6.03. The molecule has 1 unspecified atom stereocenters. The van der Waals surface area contributed by atoms with Crippen molar-refractivity contribution in [2.24, 2.45) is 0 Å². The Bertz CT molecular complexity index is 744. The third-order valence-electron chi connectivity index (χ3n) is 4.37. The van der Waals surface area contributed by atoms with Crippen LogP contribution >= 0.6 is 11.6 Å². The van der Waals surface area contributed by atoms with E-state index in [2.05, 4.69) is 10.2 Å². The summed E-state index contributed by atoms with van der Waals surface area (Å²) in [6.45, 7) is 3.07. The molecule has 2 aromatic rings. The number of halogens is 2. The molecule has 24 heavy (non-hydrogen) atoms. The molecule has 0 bridgehead atoms. The van der Waals surface area contributed by atoms with Gasteiger partial charge in [-0.1, -0.05) is 17.7 Å². The highest BCUT2D eigenvalue weighted by molar-refractivity contribution is 6.31. The summed E-state index contributed by atoms with van der Waals surface area (Å²) in [5, 5.41) is 18.0. The van der Waals surface area contributed by atoms with Crippen LogP contribution in [0.4, 0.5) is 4.39 Å². The van der Waals surface area contributed by atoms with Crippen LogP contribution in [0.15, 0.2) is 18.2 Å². The van der Waals surface area contributed by atoms with E-state index in [1.165, 1.54) is 6.07 Å². The lowest BCUT2D eigenvalue weighted by Crippen LogP contribution is -2.48. The summed E-state index contributed by atoms with van der Waals surface area (Å²) in [5.74, 6) is 0.270. The van der Waals surface area contributed by atoms with Gasteiger partial charge in [-0.2, -0.15) is 0 Å². The van der Waals surface area contributed by atoms with Gasteiger partial charge in [-0.25, -0.2) is 4.39 Å². The van der Waals surface area contributed by atoms with Crippen LogP contribution in [0.5, 0.6) is 0 Å². The zero-order valence-corrected chi connectivity index (χ0v) is 14.0. The Morgan fingerprint density at radius 3 is 2.96 bits per heavy atom. The summed E-state index contributed by atoms with van der Waals surface area (Å²) in [6.07, 6.45) is 1.07. The smallest absolute Gasteiger partial charge is 0.322 e. The van der Waals surface area contributed by atoms with Gasteiger partial charge in [0.05, 0.1) is 13.1 Å². The van der Waals surface area contributed by atoms with Gasteiger partial charge in [0.2, 0.25) is 0 Å². The summed E-state index contributed by atoms with van der Waals surface area (Å²) < 4.78 is 15.6. The van der Waals surface area contributed by atoms with Gasteiger partial charge in [0, 0.05) is 10.6 Å². The van der Waals surface area contributed by atoms with Gasteiger partial charge in [0.1, 0.15) is 23.5 Å². The van der Waals surface area contributed by atoms with Gasteiger partial charge in [0.25, 0.3) is 0 Å². The highest BCUT2D eigenvalue weighted by Gasteiger charge is 2.32. The first kappa shape index (κ1) is 16.9. The molecule has 1 N–H and O–H groups in total. The SMILES string of the molecule is Cc1nnc2n1CC(C(=O)O)N(CCCc1c(F)cccc1Cl)C2. The van der Waals surface area contributed by atoms with Crippen molar-refractivity contribution in [2.75, 3.05) is 6.54 Å². The molecule has 1 aliphatic rings. The fourth-order valence-electron chi connectivity index (χ4n) is 3.06. The monoisotopic (exact) mass is 352 g/mol. The molecular weight excluding hydrogens is 335 g/mol. The van der Waals surface area contributed by atoms with Crippen molar-refractivity contribution < 1.29 is 14.3 Å². The molecule has 6 nitrogen and oxygen atoms in total. The average Bonchev–Trinajstić information content (AvgIpc) is 2.90. The van der Waals surface area contributed by atoms with E-state index in [-0.39, 0.29) is 5.82 Å². The minimum atomic E-state index is -0.877. The number of rotatable bonds is 5. The van der Waals surface area contributed by atoms with Gasteiger partial charge in [-0.15, -0.1) is 10.2 Å². The van der Waals surface area contributed by atoms with Crippen molar-refractivity contribution in [3.8, 4) is 0 Å². The number of hydrogen-bond donors (Lipinski definition) is 1. The minimum absolute atomic E-state index is 0.323. The molecule has 0 saturated carbocycles. The maximum Gasteiger partial charge on any atom is 0.322 e. The first-order chi connectivity index (χ1) is 11.5. The number of hydrogen-bond acceptors (Lipinski definition) is 4. The molecular formula is C16H18ClFN4O2. The second-order valence-corrected chi connectivity index (χ2v) is 6.31. The van der Waals surface area contributed by atoms with E-state index in [0.29, 0.717) is 48.9 Å². The fraction of sp³-hybridized carbons (Fsp3) is 0.438. The van der Waals surface area contributed by atoms with Crippen LogP contribution in [0.25, 0.3) is 0 Å². The van der Waals surface area contributed by atoms with Crippen LogP contribution in [-0.4, -0.2) is 43.3 Å². The van der Waals surface area contributed by atoms with Crippen LogP contribution in [-0.2, 0) is 24.3 Å². The molecule has 1 aromatic heterocycles. The van der Waals surface area contributed by atoms with E-state index < -0.39 is 12.0 Å². The van der Waals surface area contributed by atoms with Crippen LogP contribution in [0.3, 0.4) is 0 Å². The number of nitrogens with zero attached hydrogens (tertiary/aromatic N) is 4. The molecule has 1 aliphatic heterocycles. The highest BCUT2D eigenvalue weighted by Crippen LogP contribution is 2.22. The third-order valence-corrected chi connectivity index (χ3v) is 4.73. The van der Waals surface area contributed by atoms with Crippen molar-refractivity contribution in [3.05, 3.63) is 46.3 Å². The van der Waals surface area contributed by atoms with Crippen LogP contribution in [0.1, 0.15) is 23.6 Å². The molecule has 0 amide bonds. The Hall–Kier alpha value is -1.99. The number of carboxylic acid groups (broad SMARTS) is 1. The standard InChI is InChI=1S/C16H18ClFN4O2/c1-10-19-20-15-9-21(14(16(23)24)8-22(10)15)7-3-4-11-12(17)5-2-6-13(11)18/h2,5-6,14H,3-4,7-9H2,1H3,(H,23,24). The summed E-state index contributed by atoms with van der Waals surface area (Å²) in [7, 11) is 0. The van der Waals surface area contributed by atoms with Crippen LogP contribution in [0.2, 0.25) is 5.02 Å². The Labute approximate surface area is 143 Å². The molecule has 0 fully saturated rings. The van der Waals surface area contributed by atoms with Crippen LogP contribution < -0.4 is 0 Å². The first-order valence-corrected chi connectivity index (χ1v) is 8.13. The molecule has 8 heteroatoms. The zero-order valence-electron chi connectivity index (χ0n) is 13.2. The lowest BCUT2D eigenvalue weighted by atomic mass is 10.1. The van der Waals surface area contributed by atoms with Gasteiger partial charge in [0.15, 0.2) is 0 Å². The van der Waals surface area contributed by atoms with Crippen molar-refractivity contribution in [1.29, 1.82) is 0 Å². The molecule has 3 rings (SSSR count). The van der Waals surface area contributed by atoms with Crippen LogP contribution in [0, 0.1) is 12.7 Å². The molecule has 2 heterocycles. The number of carboxylic acids is 1. The summed E-state index contributed by atoms with van der Waals surface area (Å²) in [4.78, 5) is 13.4. The number of fused-ring (bicyclic) bond motifs is 1. The normalized spacial score (nSPS) is 17.7. The molecule has 0 saturated heterocycles. The Balaban J connectivity index is 1.68. The molecule has 128 valence electrons. The topological polar surface area (TPSA) is 71.2 Å². The maximum absolute atomic E-state index is 13.8. The van der Waals surface area contributed by atoms with E-state index >= 15 is 0 Å². The zero-order chi connectivity index (χ0) is 17.3. The average molecular weight is 353 g/mol. The molecule has 1 atom stereocenters. The molecule has 0 aliphatic carbocycles. The predicted octanol–water partition coefficient (Wildman–Crippen LogP) is 2.28. The van der Waals surface area contributed by atoms with E-state index in [9.17, 15) is 14.3 Å². The van der Waals surface area contributed by atoms with E-state index in [1.54, 1.807) is 12.1 Å². The second-order valence-electron chi connectivity index (χ2n) is 5.90. The molecule has 0 spiro atoms. The van der Waals surface area contributed by atoms with Gasteiger partial charge < -0.3 is 9.67 Å². The van der Waals surface area contributed by atoms with Crippen molar-refractivity contribution >= 4 is 17.6 Å². The van der Waals surface area contributed by atoms with E-state index in [4.69, 9.17) is 11.6 Å². The quantitative estimate of drug-likeness (QED) is 0.893. The van der Waals surface area contributed by atoms with Crippen molar-refractivity contribution in [3.63, 3.8) is 0 Å². The lowest BCUT2D eigenvalue weighted by Gasteiger charge is -2.33. The van der Waals surface area contributed by atoms with Gasteiger partial charge >= 0.3 is 5.97 Å². The molecule has 1 aromatic carbocycles. The third kappa shape index (κ3) is 3.27. The predicted molar refractivity (Wildman–Crippen MR) is 86.3 cm³/mol. The Morgan fingerprint density at radius 2 is 2.25 bits per heavy atom. The Kier molecular flexibility index (Phi) is 4.82. The number of aryl methyl sites for hydroxylation is 1. The largest absolute Gasteiger partial charge is 0.480 e. The molecule has 0 radical (unpaired) electrons. The Morgan fingerprint density at radius 1 is 1.46 bits per heavy atom. The number of aliphatic carboxylic acids is 1. The fourth-order valence-corrected chi connectivity index (χ4v) is 3.32. The van der Waals surface area contributed by atoms with Crippen molar-refractivity contribution in [1.82, 2.24) is 19.7 Å². The maximum atomic E-state index is 13.8. The van der Waals surface area contributed by atoms with Crippen molar-refractivity contribution in [2.45, 2.75) is 38.9 Å². The number of carbonyl (C=O) groups is 1. The number of aromatic nitrogens is 3. The first-order valence-electron chi connectivity index (χ1n) is 7.76. The van der Waals surface area contributed by atoms with E-state index in [1.807, 2.05) is 16.4 Å². The second kappa shape index (κ2) is 6.86. The van der Waals surface area contributed by atoms with Gasteiger partial charge in [-0.3, -0.25) is 9.69 Å². The lowest BCUT2D eigenvalue weighted by molar-refractivity contribution is -0.145.